The topological polar surface area (TPSA) is 38.7 Å². The van der Waals surface area contributed by atoms with E-state index in [-0.39, 0.29) is 0 Å². The van der Waals surface area contributed by atoms with Crippen LogP contribution in [0, 0.1) is 0 Å². The molecule has 0 aliphatic rings. The van der Waals surface area contributed by atoms with Crippen molar-refractivity contribution in [1.82, 2.24) is 15.2 Å². The van der Waals surface area contributed by atoms with Crippen molar-refractivity contribution in [2.24, 2.45) is 0 Å². The van der Waals surface area contributed by atoms with E-state index in [2.05, 4.69) is 15.2 Å². The number of nitrogens with zero attached hydrogens (tertiary/aromatic N) is 3. The maximum absolute atomic E-state index is 6.31. The normalized spacial score (nSPS) is 13.0. The SMILES string of the molecule is CC(C)(Cl)c1cc2cnnc(C(C)(C)Cl)c2cn1. The number of fused-ring (bicyclic) bond motifs is 1. The Morgan fingerprint density at radius 1 is 1.00 bits per heavy atom. The second kappa shape index (κ2) is 4.32. The van der Waals surface area contributed by atoms with Crippen LogP contribution in [0.5, 0.6) is 0 Å². The maximum Gasteiger partial charge on any atom is 0.0928 e. The Labute approximate surface area is 117 Å². The number of aromatic nitrogens is 3. The van der Waals surface area contributed by atoms with Crippen LogP contribution >= 0.6 is 23.2 Å². The fourth-order valence-electron chi connectivity index (χ4n) is 1.74. The number of hydrogen-bond acceptors (Lipinski definition) is 3. The minimum absolute atomic E-state index is 0.506. The number of pyridine rings is 1. The van der Waals surface area contributed by atoms with Gasteiger partial charge in [0, 0.05) is 17.0 Å². The van der Waals surface area contributed by atoms with Crippen LogP contribution in [0.2, 0.25) is 0 Å². The molecule has 0 aliphatic heterocycles. The van der Waals surface area contributed by atoms with Gasteiger partial charge in [-0.3, -0.25) is 4.98 Å². The number of hydrogen-bond donors (Lipinski definition) is 0. The summed E-state index contributed by atoms with van der Waals surface area (Å²) in [6.07, 6.45) is 3.47. The highest BCUT2D eigenvalue weighted by Gasteiger charge is 2.24. The molecule has 0 N–H and O–H groups in total. The van der Waals surface area contributed by atoms with Crippen LogP contribution in [0.4, 0.5) is 0 Å². The van der Waals surface area contributed by atoms with E-state index in [0.717, 1.165) is 22.2 Å². The van der Waals surface area contributed by atoms with Crippen molar-refractivity contribution in [3.05, 3.63) is 29.8 Å². The summed E-state index contributed by atoms with van der Waals surface area (Å²) in [5, 5.41) is 9.98. The number of alkyl halides is 2. The van der Waals surface area contributed by atoms with Crippen molar-refractivity contribution >= 4 is 34.0 Å². The Balaban J connectivity index is 2.68. The van der Waals surface area contributed by atoms with Crippen molar-refractivity contribution < 1.29 is 0 Å². The monoisotopic (exact) mass is 283 g/mol. The van der Waals surface area contributed by atoms with Gasteiger partial charge in [0.15, 0.2) is 0 Å². The van der Waals surface area contributed by atoms with Crippen LogP contribution in [-0.4, -0.2) is 15.2 Å². The van der Waals surface area contributed by atoms with Crippen molar-refractivity contribution in [2.45, 2.75) is 37.4 Å². The van der Waals surface area contributed by atoms with Gasteiger partial charge in [-0.15, -0.1) is 23.2 Å². The third-order valence-electron chi connectivity index (χ3n) is 2.72. The molecule has 0 saturated heterocycles. The van der Waals surface area contributed by atoms with E-state index in [9.17, 15) is 0 Å². The summed E-state index contributed by atoms with van der Waals surface area (Å²) in [6, 6.07) is 1.93. The first-order valence-electron chi connectivity index (χ1n) is 5.70. The van der Waals surface area contributed by atoms with Crippen molar-refractivity contribution in [3.8, 4) is 0 Å². The Bertz CT molecular complexity index is 583. The third kappa shape index (κ3) is 2.57. The second-order valence-corrected chi connectivity index (χ2v) is 7.18. The molecule has 0 unspecified atom stereocenters. The van der Waals surface area contributed by atoms with Gasteiger partial charge in [-0.25, -0.2) is 0 Å². The molecule has 2 aromatic heterocycles. The molecule has 0 aromatic carbocycles. The van der Waals surface area contributed by atoms with Crippen molar-refractivity contribution in [1.29, 1.82) is 0 Å². The van der Waals surface area contributed by atoms with Crippen LogP contribution in [-0.2, 0) is 9.75 Å². The van der Waals surface area contributed by atoms with Crippen LogP contribution in [0.1, 0.15) is 39.1 Å². The first kappa shape index (κ1) is 13.5. The average molecular weight is 284 g/mol. The van der Waals surface area contributed by atoms with E-state index in [1.807, 2.05) is 33.8 Å². The molecule has 0 spiro atoms. The lowest BCUT2D eigenvalue weighted by Crippen LogP contribution is -2.14. The first-order chi connectivity index (χ1) is 8.19. The van der Waals surface area contributed by atoms with E-state index in [0.29, 0.717) is 0 Å². The predicted molar refractivity (Wildman–Crippen MR) is 75.1 cm³/mol. The molecule has 0 bridgehead atoms. The molecule has 2 heterocycles. The summed E-state index contributed by atoms with van der Waals surface area (Å²) < 4.78 is 0. The smallest absolute Gasteiger partial charge is 0.0928 e. The van der Waals surface area contributed by atoms with E-state index in [1.165, 1.54) is 0 Å². The maximum atomic E-state index is 6.31. The lowest BCUT2D eigenvalue weighted by atomic mass is 10.0. The minimum atomic E-state index is -0.577. The molecule has 0 aliphatic carbocycles. The summed E-state index contributed by atoms with van der Waals surface area (Å²) in [4.78, 5) is 3.31. The zero-order chi connectivity index (χ0) is 13.6. The second-order valence-electron chi connectivity index (χ2n) is 5.29. The molecule has 96 valence electrons. The van der Waals surface area contributed by atoms with Gasteiger partial charge in [-0.2, -0.15) is 10.2 Å². The fourth-order valence-corrected chi connectivity index (χ4v) is 1.99. The summed E-state index contributed by atoms with van der Waals surface area (Å²) in [6.45, 7) is 7.59. The highest BCUT2D eigenvalue weighted by atomic mass is 35.5. The van der Waals surface area contributed by atoms with Gasteiger partial charge in [0.25, 0.3) is 0 Å². The average Bonchev–Trinajstić information content (AvgIpc) is 2.25. The van der Waals surface area contributed by atoms with Gasteiger partial charge in [0.1, 0.15) is 0 Å². The molecular weight excluding hydrogens is 269 g/mol. The van der Waals surface area contributed by atoms with Crippen molar-refractivity contribution in [3.63, 3.8) is 0 Å². The molecule has 2 rings (SSSR count). The quantitative estimate of drug-likeness (QED) is 0.783. The molecule has 0 saturated carbocycles. The van der Waals surface area contributed by atoms with E-state index >= 15 is 0 Å². The molecular formula is C13H15Cl2N3. The zero-order valence-electron chi connectivity index (χ0n) is 10.8. The molecule has 0 fully saturated rings. The highest BCUT2D eigenvalue weighted by molar-refractivity contribution is 6.24. The molecule has 0 radical (unpaired) electrons. The Kier molecular flexibility index (Phi) is 3.24. The molecule has 0 amide bonds. The van der Waals surface area contributed by atoms with Gasteiger partial charge in [0.2, 0.25) is 0 Å². The van der Waals surface area contributed by atoms with E-state index in [1.54, 1.807) is 12.4 Å². The van der Waals surface area contributed by atoms with Gasteiger partial charge >= 0.3 is 0 Å². The summed E-state index contributed by atoms with van der Waals surface area (Å²) >= 11 is 12.6. The number of halogens is 2. The first-order valence-corrected chi connectivity index (χ1v) is 6.45. The summed E-state index contributed by atoms with van der Waals surface area (Å²) in [5.74, 6) is 0. The fraction of sp³-hybridized carbons (Fsp3) is 0.462. The standard InChI is InChI=1S/C13H15Cl2N3/c1-12(2,14)10-5-8-6-17-18-11(13(3,4)15)9(8)7-16-10/h5-7H,1-4H3. The highest BCUT2D eigenvalue weighted by Crippen LogP contribution is 2.33. The van der Waals surface area contributed by atoms with E-state index < -0.39 is 9.75 Å². The molecule has 18 heavy (non-hydrogen) atoms. The van der Waals surface area contributed by atoms with Gasteiger partial charge < -0.3 is 0 Å². The van der Waals surface area contributed by atoms with Gasteiger partial charge in [0.05, 0.1) is 27.3 Å². The molecule has 0 atom stereocenters. The summed E-state index contributed by atoms with van der Waals surface area (Å²) in [5.41, 5.74) is 1.54. The molecule has 5 heteroatoms. The van der Waals surface area contributed by atoms with Gasteiger partial charge in [-0.05, 0) is 33.8 Å². The van der Waals surface area contributed by atoms with Crippen LogP contribution in [0.15, 0.2) is 18.5 Å². The Morgan fingerprint density at radius 2 is 1.67 bits per heavy atom. The van der Waals surface area contributed by atoms with Crippen molar-refractivity contribution in [2.75, 3.05) is 0 Å². The van der Waals surface area contributed by atoms with Crippen LogP contribution < -0.4 is 0 Å². The summed E-state index contributed by atoms with van der Waals surface area (Å²) in [7, 11) is 0. The van der Waals surface area contributed by atoms with Gasteiger partial charge in [-0.1, -0.05) is 0 Å². The minimum Gasteiger partial charge on any atom is -0.259 e. The third-order valence-corrected chi connectivity index (χ3v) is 3.09. The Hall–Kier alpha value is -0.930. The predicted octanol–water partition coefficient (Wildman–Crippen LogP) is 3.97. The molecule has 3 nitrogen and oxygen atoms in total. The number of rotatable bonds is 2. The van der Waals surface area contributed by atoms with Crippen LogP contribution in [0.3, 0.4) is 0 Å². The lowest BCUT2D eigenvalue weighted by Gasteiger charge is -2.18. The van der Waals surface area contributed by atoms with Crippen LogP contribution in [0.25, 0.3) is 10.8 Å². The van der Waals surface area contributed by atoms with E-state index in [4.69, 9.17) is 23.2 Å². The zero-order valence-corrected chi connectivity index (χ0v) is 12.3. The lowest BCUT2D eigenvalue weighted by molar-refractivity contribution is 0.714. The largest absolute Gasteiger partial charge is 0.259 e. The molecule has 2 aromatic rings. The Morgan fingerprint density at radius 3 is 2.22 bits per heavy atom.